The Labute approximate surface area is 135 Å². The molecule has 1 N–H and O–H groups in total. The average Bonchev–Trinajstić information content (AvgIpc) is 2.92. The topological polar surface area (TPSA) is 62.4 Å². The molecule has 0 unspecified atom stereocenters. The van der Waals surface area contributed by atoms with Crippen molar-refractivity contribution in [2.24, 2.45) is 0 Å². The monoisotopic (exact) mass is 349 g/mol. The zero-order valence-corrected chi connectivity index (χ0v) is 12.8. The number of alkyl halides is 3. The molecule has 2 rings (SSSR count). The van der Waals surface area contributed by atoms with Gasteiger partial charge < -0.3 is 9.63 Å². The predicted molar refractivity (Wildman–Crippen MR) is 77.8 cm³/mol. The van der Waals surface area contributed by atoms with Gasteiger partial charge in [-0.05, 0) is 18.6 Å². The molecule has 0 saturated carbocycles. The fraction of sp³-hybridized carbons (Fsp3) is 0.429. The van der Waals surface area contributed by atoms with Crippen molar-refractivity contribution in [1.82, 2.24) is 15.0 Å². The summed E-state index contributed by atoms with van der Waals surface area (Å²) in [6.45, 7) is -1.37. The van der Waals surface area contributed by atoms with Gasteiger partial charge in [0, 0.05) is 23.7 Å². The quantitative estimate of drug-likeness (QED) is 0.832. The highest BCUT2D eigenvalue weighted by Crippen LogP contribution is 2.21. The van der Waals surface area contributed by atoms with E-state index in [9.17, 15) is 13.2 Å². The number of aromatic nitrogens is 2. The molecule has 0 atom stereocenters. The molecule has 0 spiro atoms. The van der Waals surface area contributed by atoms with E-state index in [1.54, 1.807) is 24.3 Å². The molecule has 0 amide bonds. The van der Waals surface area contributed by atoms with Crippen LogP contribution < -0.4 is 0 Å². The molecule has 23 heavy (non-hydrogen) atoms. The lowest BCUT2D eigenvalue weighted by Crippen LogP contribution is -2.35. The van der Waals surface area contributed by atoms with Crippen molar-refractivity contribution in [2.45, 2.75) is 19.1 Å². The highest BCUT2D eigenvalue weighted by atomic mass is 35.5. The Morgan fingerprint density at radius 1 is 1.30 bits per heavy atom. The van der Waals surface area contributed by atoms with Gasteiger partial charge in [0.05, 0.1) is 13.1 Å². The van der Waals surface area contributed by atoms with Crippen LogP contribution in [0.15, 0.2) is 28.8 Å². The van der Waals surface area contributed by atoms with E-state index < -0.39 is 12.7 Å². The summed E-state index contributed by atoms with van der Waals surface area (Å²) in [5.74, 6) is 0.332. The van der Waals surface area contributed by atoms with Crippen LogP contribution in [0.3, 0.4) is 0 Å². The third-order valence-corrected chi connectivity index (χ3v) is 3.18. The van der Waals surface area contributed by atoms with Gasteiger partial charge in [-0.2, -0.15) is 18.2 Å². The number of rotatable bonds is 7. The maximum Gasteiger partial charge on any atom is 0.401 e. The van der Waals surface area contributed by atoms with E-state index in [-0.39, 0.29) is 37.8 Å². The first-order valence-electron chi connectivity index (χ1n) is 6.86. The molecular weight excluding hydrogens is 335 g/mol. The van der Waals surface area contributed by atoms with E-state index in [1.165, 1.54) is 0 Å². The first-order chi connectivity index (χ1) is 10.9. The maximum absolute atomic E-state index is 12.6. The summed E-state index contributed by atoms with van der Waals surface area (Å²) in [7, 11) is 0. The van der Waals surface area contributed by atoms with Crippen molar-refractivity contribution in [3.63, 3.8) is 0 Å². The Bertz CT molecular complexity index is 634. The fourth-order valence-corrected chi connectivity index (χ4v) is 2.21. The van der Waals surface area contributed by atoms with E-state index in [0.717, 1.165) is 4.90 Å². The van der Waals surface area contributed by atoms with Gasteiger partial charge in [-0.1, -0.05) is 28.9 Å². The van der Waals surface area contributed by atoms with E-state index in [2.05, 4.69) is 10.1 Å². The summed E-state index contributed by atoms with van der Waals surface area (Å²) < 4.78 is 42.7. The van der Waals surface area contributed by atoms with Gasteiger partial charge >= 0.3 is 6.18 Å². The molecule has 0 aliphatic rings. The molecule has 0 fully saturated rings. The molecule has 1 aromatic heterocycles. The first-order valence-corrected chi connectivity index (χ1v) is 7.23. The van der Waals surface area contributed by atoms with Crippen molar-refractivity contribution in [3.8, 4) is 11.4 Å². The van der Waals surface area contributed by atoms with E-state index >= 15 is 0 Å². The molecule has 1 aromatic carbocycles. The maximum atomic E-state index is 12.6. The van der Waals surface area contributed by atoms with Crippen LogP contribution in [0, 0.1) is 0 Å². The van der Waals surface area contributed by atoms with Crippen LogP contribution in [0.25, 0.3) is 11.4 Å². The Balaban J connectivity index is 2.08. The Kier molecular flexibility index (Phi) is 5.97. The van der Waals surface area contributed by atoms with E-state index in [0.29, 0.717) is 10.6 Å². The number of hydrogen-bond acceptors (Lipinski definition) is 5. The third kappa shape index (κ3) is 5.81. The highest BCUT2D eigenvalue weighted by molar-refractivity contribution is 6.30. The van der Waals surface area contributed by atoms with Crippen molar-refractivity contribution >= 4 is 11.6 Å². The average molecular weight is 350 g/mol. The van der Waals surface area contributed by atoms with Crippen LogP contribution >= 0.6 is 11.6 Å². The lowest BCUT2D eigenvalue weighted by Gasteiger charge is -2.21. The highest BCUT2D eigenvalue weighted by Gasteiger charge is 2.31. The van der Waals surface area contributed by atoms with Gasteiger partial charge in [0.2, 0.25) is 11.7 Å². The lowest BCUT2D eigenvalue weighted by atomic mass is 10.2. The van der Waals surface area contributed by atoms with Crippen molar-refractivity contribution in [3.05, 3.63) is 35.2 Å². The second kappa shape index (κ2) is 7.76. The van der Waals surface area contributed by atoms with Crippen molar-refractivity contribution < 1.29 is 22.8 Å². The molecular formula is C14H15ClF3N3O2. The molecule has 0 bridgehead atoms. The number of nitrogens with zero attached hydrogens (tertiary/aromatic N) is 3. The summed E-state index contributed by atoms with van der Waals surface area (Å²) in [6.07, 6.45) is -4.11. The minimum atomic E-state index is -4.34. The Morgan fingerprint density at radius 3 is 2.74 bits per heavy atom. The van der Waals surface area contributed by atoms with Crippen molar-refractivity contribution in [2.75, 3.05) is 19.7 Å². The molecule has 126 valence electrons. The zero-order valence-electron chi connectivity index (χ0n) is 12.1. The number of benzene rings is 1. The molecule has 2 aromatic rings. The van der Waals surface area contributed by atoms with Gasteiger partial charge in [-0.15, -0.1) is 0 Å². The van der Waals surface area contributed by atoms with Gasteiger partial charge in [-0.25, -0.2) is 0 Å². The zero-order chi connectivity index (χ0) is 16.9. The van der Waals surface area contributed by atoms with Crippen LogP contribution in [-0.2, 0) is 6.54 Å². The van der Waals surface area contributed by atoms with Crippen LogP contribution in [0.1, 0.15) is 12.3 Å². The summed E-state index contributed by atoms with van der Waals surface area (Å²) in [4.78, 5) is 5.19. The number of aliphatic hydroxyl groups is 1. The van der Waals surface area contributed by atoms with E-state index in [4.69, 9.17) is 21.2 Å². The normalized spacial score (nSPS) is 12.1. The van der Waals surface area contributed by atoms with Crippen LogP contribution in [0.5, 0.6) is 0 Å². The molecule has 0 saturated heterocycles. The summed E-state index contributed by atoms with van der Waals surface area (Å²) >= 11 is 5.87. The third-order valence-electron chi connectivity index (χ3n) is 2.95. The van der Waals surface area contributed by atoms with Gasteiger partial charge in [0.1, 0.15) is 0 Å². The molecule has 1 heterocycles. The Hall–Kier alpha value is -1.64. The molecule has 0 aliphatic heterocycles. The van der Waals surface area contributed by atoms with Gasteiger partial charge in [0.25, 0.3) is 0 Å². The lowest BCUT2D eigenvalue weighted by molar-refractivity contribution is -0.148. The fourth-order valence-electron chi connectivity index (χ4n) is 2.02. The Morgan fingerprint density at radius 2 is 2.09 bits per heavy atom. The largest absolute Gasteiger partial charge is 0.401 e. The summed E-state index contributed by atoms with van der Waals surface area (Å²) in [6, 6.07) is 6.76. The van der Waals surface area contributed by atoms with Crippen molar-refractivity contribution in [1.29, 1.82) is 0 Å². The summed E-state index contributed by atoms with van der Waals surface area (Å²) in [5, 5.41) is 13.0. The van der Waals surface area contributed by atoms with Crippen LogP contribution in [-0.4, -0.2) is 46.0 Å². The van der Waals surface area contributed by atoms with Gasteiger partial charge in [-0.3, -0.25) is 4.90 Å². The minimum Gasteiger partial charge on any atom is -0.396 e. The second-order valence-electron chi connectivity index (χ2n) is 4.93. The number of hydrogen-bond donors (Lipinski definition) is 1. The SMILES string of the molecule is OCCCN(Cc1nc(-c2cccc(Cl)c2)no1)CC(F)(F)F. The van der Waals surface area contributed by atoms with E-state index in [1.807, 2.05) is 0 Å². The number of halogens is 4. The minimum absolute atomic E-state index is 0.0714. The smallest absolute Gasteiger partial charge is 0.396 e. The second-order valence-corrected chi connectivity index (χ2v) is 5.36. The van der Waals surface area contributed by atoms with Crippen LogP contribution in [0.4, 0.5) is 13.2 Å². The van der Waals surface area contributed by atoms with Gasteiger partial charge in [0.15, 0.2) is 0 Å². The first kappa shape index (κ1) is 17.7. The number of aliphatic hydroxyl groups excluding tert-OH is 1. The molecule has 5 nitrogen and oxygen atoms in total. The molecule has 0 aliphatic carbocycles. The van der Waals surface area contributed by atoms with Crippen LogP contribution in [0.2, 0.25) is 5.02 Å². The summed E-state index contributed by atoms with van der Waals surface area (Å²) in [5.41, 5.74) is 0.616. The standard InChI is InChI=1S/C14H15ClF3N3O2/c15-11-4-1-3-10(7-11)13-19-12(23-20-13)8-21(5-2-6-22)9-14(16,17)18/h1,3-4,7,22H,2,5-6,8-9H2. The predicted octanol–water partition coefficient (Wildman–Crippen LogP) is 3.14. The molecule has 9 heteroatoms. The molecule has 0 radical (unpaired) electrons.